The first-order chi connectivity index (χ1) is 5.02. The van der Waals surface area contributed by atoms with Crippen molar-refractivity contribution in [3.05, 3.63) is 12.2 Å². The van der Waals surface area contributed by atoms with Crippen molar-refractivity contribution in [2.75, 3.05) is 7.05 Å². The fraction of sp³-hybridized carbons (Fsp3) is 0.500. The molecule has 0 aromatic rings. The largest absolute Gasteiger partial charge is 0.293 e. The summed E-state index contributed by atoms with van der Waals surface area (Å²) in [7, 11) is 1.78. The molecule has 0 heterocycles. The molecule has 0 N–H and O–H groups in total. The Morgan fingerprint density at radius 2 is 2.00 bits per heavy atom. The Hall–Kier alpha value is -1.03. The van der Waals surface area contributed by atoms with Gasteiger partial charge in [0.1, 0.15) is 0 Å². The van der Waals surface area contributed by atoms with Crippen LogP contribution in [0.25, 0.3) is 0 Å². The zero-order chi connectivity index (χ0) is 8.91. The van der Waals surface area contributed by atoms with Crippen LogP contribution in [0.5, 0.6) is 0 Å². The molecule has 0 aliphatic carbocycles. The molecule has 60 valence electrons. The SMILES string of the molecule is C#C/C=C\C(=N/C)C(C)(C)C. The first-order valence-electron chi connectivity index (χ1n) is 3.62. The van der Waals surface area contributed by atoms with Crippen LogP contribution >= 0.6 is 0 Å². The Morgan fingerprint density at radius 1 is 1.45 bits per heavy atom. The van der Waals surface area contributed by atoms with E-state index in [0.717, 1.165) is 5.71 Å². The Morgan fingerprint density at radius 3 is 2.27 bits per heavy atom. The Labute approximate surface area is 69.2 Å². The van der Waals surface area contributed by atoms with Crippen LogP contribution in [-0.4, -0.2) is 12.8 Å². The average molecular weight is 149 g/mol. The average Bonchev–Trinajstić information content (AvgIpc) is 1.87. The number of hydrogen-bond donors (Lipinski definition) is 0. The lowest BCUT2D eigenvalue weighted by Crippen LogP contribution is -2.17. The van der Waals surface area contributed by atoms with Crippen LogP contribution in [0.2, 0.25) is 0 Å². The second kappa shape index (κ2) is 3.98. The van der Waals surface area contributed by atoms with Gasteiger partial charge in [0, 0.05) is 18.2 Å². The summed E-state index contributed by atoms with van der Waals surface area (Å²) in [5, 5.41) is 0. The summed E-state index contributed by atoms with van der Waals surface area (Å²) in [6.07, 6.45) is 8.63. The van der Waals surface area contributed by atoms with Gasteiger partial charge in [0.2, 0.25) is 0 Å². The predicted molar refractivity (Wildman–Crippen MR) is 50.8 cm³/mol. The second-order valence-electron chi connectivity index (χ2n) is 3.36. The van der Waals surface area contributed by atoms with E-state index in [4.69, 9.17) is 6.42 Å². The molecule has 0 atom stereocenters. The molecule has 0 rings (SSSR count). The molecule has 0 saturated carbocycles. The van der Waals surface area contributed by atoms with E-state index in [-0.39, 0.29) is 5.41 Å². The van der Waals surface area contributed by atoms with Gasteiger partial charge in [0.25, 0.3) is 0 Å². The van der Waals surface area contributed by atoms with Crippen LogP contribution in [0.3, 0.4) is 0 Å². The number of rotatable bonds is 1. The molecule has 1 heteroatoms. The lowest BCUT2D eigenvalue weighted by Gasteiger charge is -2.17. The molecule has 0 aliphatic rings. The maximum Gasteiger partial charge on any atom is 0.0404 e. The number of terminal acetylenes is 1. The van der Waals surface area contributed by atoms with E-state index in [1.807, 2.05) is 6.08 Å². The van der Waals surface area contributed by atoms with Crippen LogP contribution in [0.1, 0.15) is 20.8 Å². The highest BCUT2D eigenvalue weighted by atomic mass is 14.7. The minimum atomic E-state index is 0.0854. The molecule has 0 aromatic carbocycles. The minimum absolute atomic E-state index is 0.0854. The Bertz CT molecular complexity index is 208. The smallest absolute Gasteiger partial charge is 0.0404 e. The van der Waals surface area contributed by atoms with Gasteiger partial charge < -0.3 is 0 Å². The maximum atomic E-state index is 5.08. The van der Waals surface area contributed by atoms with Gasteiger partial charge in [-0.25, -0.2) is 0 Å². The van der Waals surface area contributed by atoms with Gasteiger partial charge in [0.05, 0.1) is 0 Å². The Kier molecular flexibility index (Phi) is 3.60. The third-order valence-corrected chi connectivity index (χ3v) is 1.35. The normalized spacial score (nSPS) is 13.5. The molecule has 1 nitrogen and oxygen atoms in total. The van der Waals surface area contributed by atoms with E-state index in [1.54, 1.807) is 13.1 Å². The molecule has 0 amide bonds. The van der Waals surface area contributed by atoms with Gasteiger partial charge in [-0.05, 0) is 12.2 Å². The molecule has 0 radical (unpaired) electrons. The highest BCUT2D eigenvalue weighted by Gasteiger charge is 2.14. The molecule has 0 unspecified atom stereocenters. The third kappa shape index (κ3) is 3.62. The van der Waals surface area contributed by atoms with Gasteiger partial charge >= 0.3 is 0 Å². The zero-order valence-corrected chi connectivity index (χ0v) is 7.68. The summed E-state index contributed by atoms with van der Waals surface area (Å²) < 4.78 is 0. The molecule has 11 heavy (non-hydrogen) atoms. The number of nitrogens with zero attached hydrogens (tertiary/aromatic N) is 1. The van der Waals surface area contributed by atoms with E-state index >= 15 is 0 Å². The van der Waals surface area contributed by atoms with Crippen molar-refractivity contribution < 1.29 is 0 Å². The van der Waals surface area contributed by atoms with Crippen molar-refractivity contribution >= 4 is 5.71 Å². The molecular weight excluding hydrogens is 134 g/mol. The lowest BCUT2D eigenvalue weighted by atomic mass is 9.89. The summed E-state index contributed by atoms with van der Waals surface area (Å²) in [5.74, 6) is 2.44. The molecular formula is C10H15N. The quantitative estimate of drug-likeness (QED) is 0.400. The molecule has 0 fully saturated rings. The standard InChI is InChI=1S/C10H15N/c1-6-7-8-9(11-5)10(2,3)4/h1,7-8H,2-5H3/b8-7-,11-9+. The fourth-order valence-electron chi connectivity index (χ4n) is 0.787. The number of allylic oxidation sites excluding steroid dienone is 2. The van der Waals surface area contributed by atoms with Crippen LogP contribution < -0.4 is 0 Å². The summed E-state index contributed by atoms with van der Waals surface area (Å²) >= 11 is 0. The molecule has 0 aliphatic heterocycles. The van der Waals surface area contributed by atoms with Crippen molar-refractivity contribution in [3.63, 3.8) is 0 Å². The highest BCUT2D eigenvalue weighted by molar-refractivity contribution is 5.99. The van der Waals surface area contributed by atoms with E-state index in [9.17, 15) is 0 Å². The van der Waals surface area contributed by atoms with E-state index in [0.29, 0.717) is 0 Å². The molecule has 0 aromatic heterocycles. The van der Waals surface area contributed by atoms with E-state index in [2.05, 4.69) is 31.7 Å². The summed E-state index contributed by atoms with van der Waals surface area (Å²) in [6, 6.07) is 0. The molecule has 0 saturated heterocycles. The van der Waals surface area contributed by atoms with E-state index in [1.165, 1.54) is 0 Å². The Balaban J connectivity index is 4.49. The van der Waals surface area contributed by atoms with Crippen molar-refractivity contribution in [2.45, 2.75) is 20.8 Å². The van der Waals surface area contributed by atoms with Crippen LogP contribution in [0.4, 0.5) is 0 Å². The van der Waals surface area contributed by atoms with Gasteiger partial charge in [-0.1, -0.05) is 26.7 Å². The highest BCUT2D eigenvalue weighted by Crippen LogP contribution is 2.16. The summed E-state index contributed by atoms with van der Waals surface area (Å²) in [6.45, 7) is 6.32. The zero-order valence-electron chi connectivity index (χ0n) is 7.68. The van der Waals surface area contributed by atoms with Crippen molar-refractivity contribution in [2.24, 2.45) is 10.4 Å². The minimum Gasteiger partial charge on any atom is -0.293 e. The number of hydrogen-bond acceptors (Lipinski definition) is 1. The van der Waals surface area contributed by atoms with Gasteiger partial charge in [-0.3, -0.25) is 4.99 Å². The van der Waals surface area contributed by atoms with Crippen molar-refractivity contribution in [3.8, 4) is 12.3 Å². The lowest BCUT2D eigenvalue weighted by molar-refractivity contribution is 0.593. The summed E-state index contributed by atoms with van der Waals surface area (Å²) in [4.78, 5) is 4.13. The topological polar surface area (TPSA) is 12.4 Å². The molecule has 0 bridgehead atoms. The first-order valence-corrected chi connectivity index (χ1v) is 3.62. The number of aliphatic imine (C=N–C) groups is 1. The van der Waals surface area contributed by atoms with Gasteiger partial charge in [-0.2, -0.15) is 0 Å². The third-order valence-electron chi connectivity index (χ3n) is 1.35. The van der Waals surface area contributed by atoms with Crippen molar-refractivity contribution in [1.82, 2.24) is 0 Å². The van der Waals surface area contributed by atoms with Crippen molar-refractivity contribution in [1.29, 1.82) is 0 Å². The van der Waals surface area contributed by atoms with Crippen LogP contribution in [-0.2, 0) is 0 Å². The predicted octanol–water partition coefficient (Wildman–Crippen LogP) is 2.29. The monoisotopic (exact) mass is 149 g/mol. The summed E-state index contributed by atoms with van der Waals surface area (Å²) in [5.41, 5.74) is 1.11. The fourth-order valence-corrected chi connectivity index (χ4v) is 0.787. The first kappa shape index (κ1) is 9.97. The van der Waals surface area contributed by atoms with Crippen LogP contribution in [0.15, 0.2) is 17.1 Å². The molecule has 0 spiro atoms. The maximum absolute atomic E-state index is 5.08. The van der Waals surface area contributed by atoms with Gasteiger partial charge in [0.15, 0.2) is 0 Å². The van der Waals surface area contributed by atoms with Crippen LogP contribution in [0, 0.1) is 17.8 Å². The van der Waals surface area contributed by atoms with E-state index < -0.39 is 0 Å². The second-order valence-corrected chi connectivity index (χ2v) is 3.36. The van der Waals surface area contributed by atoms with Gasteiger partial charge in [-0.15, -0.1) is 6.42 Å².